The van der Waals surface area contributed by atoms with Gasteiger partial charge >= 0.3 is 6.18 Å². The average molecular weight is 409 g/mol. The summed E-state index contributed by atoms with van der Waals surface area (Å²) < 4.78 is 47.8. The van der Waals surface area contributed by atoms with Gasteiger partial charge in [0.05, 0.1) is 18.2 Å². The van der Waals surface area contributed by atoms with Crippen LogP contribution in [0.2, 0.25) is 0 Å². The molecule has 1 saturated carbocycles. The van der Waals surface area contributed by atoms with E-state index < -0.39 is 17.3 Å². The molecule has 1 aliphatic carbocycles. The van der Waals surface area contributed by atoms with Crippen molar-refractivity contribution in [2.75, 3.05) is 6.61 Å². The molecule has 0 spiro atoms. The van der Waals surface area contributed by atoms with Crippen molar-refractivity contribution in [3.05, 3.63) is 41.5 Å². The smallest absolute Gasteiger partial charge is 0.420 e. The third-order valence-electron chi connectivity index (χ3n) is 6.21. The number of aliphatic hydroxyl groups excluding tert-OH is 1. The van der Waals surface area contributed by atoms with Crippen molar-refractivity contribution in [3.8, 4) is 5.75 Å². The lowest BCUT2D eigenvalue weighted by Crippen LogP contribution is -2.36. The van der Waals surface area contributed by atoms with Crippen LogP contribution in [-0.2, 0) is 11.7 Å². The van der Waals surface area contributed by atoms with Crippen molar-refractivity contribution in [1.29, 1.82) is 0 Å². The standard InChI is InChI=1S/C23H30F3NO2/c1-14(2)15-4-8-18(9-5-15)29-20-11-6-16-12-17(22(3,27)13-28)7-10-19(16)21(20)23(24,25)26/h6-7,10-12,14-15,18,28H,4-5,8-9,13,27H2,1-3H3/t15-,18-,22-/m0/s1. The number of aliphatic hydroxyl groups is 1. The van der Waals surface area contributed by atoms with Crippen LogP contribution in [0.1, 0.15) is 57.6 Å². The van der Waals surface area contributed by atoms with Crippen LogP contribution in [0.15, 0.2) is 30.3 Å². The SMILES string of the molecule is CC(C)[C@H]1CC[C@H](Oc2ccc3cc([C@@](C)(N)CO)ccc3c2C(F)(F)F)CC1. The molecule has 1 aliphatic rings. The molecule has 3 nitrogen and oxygen atoms in total. The Bertz CT molecular complexity index is 853. The van der Waals surface area contributed by atoms with Crippen molar-refractivity contribution in [3.63, 3.8) is 0 Å². The average Bonchev–Trinajstić information content (AvgIpc) is 2.66. The Balaban J connectivity index is 1.95. The highest BCUT2D eigenvalue weighted by molar-refractivity contribution is 5.89. The Morgan fingerprint density at radius 2 is 1.76 bits per heavy atom. The van der Waals surface area contributed by atoms with E-state index in [9.17, 15) is 18.3 Å². The molecule has 29 heavy (non-hydrogen) atoms. The number of benzene rings is 2. The Morgan fingerprint density at radius 3 is 2.31 bits per heavy atom. The zero-order valence-corrected chi connectivity index (χ0v) is 17.2. The Labute approximate surface area is 170 Å². The summed E-state index contributed by atoms with van der Waals surface area (Å²) in [7, 11) is 0. The van der Waals surface area contributed by atoms with Gasteiger partial charge in [-0.15, -0.1) is 0 Å². The van der Waals surface area contributed by atoms with E-state index in [2.05, 4.69) is 13.8 Å². The fraction of sp³-hybridized carbons (Fsp3) is 0.565. The van der Waals surface area contributed by atoms with Crippen LogP contribution in [0, 0.1) is 11.8 Å². The second kappa shape index (κ2) is 8.15. The van der Waals surface area contributed by atoms with Gasteiger partial charge < -0.3 is 15.6 Å². The van der Waals surface area contributed by atoms with E-state index in [1.165, 1.54) is 12.1 Å². The summed E-state index contributed by atoms with van der Waals surface area (Å²) in [4.78, 5) is 0. The number of rotatable bonds is 5. The summed E-state index contributed by atoms with van der Waals surface area (Å²) >= 11 is 0. The van der Waals surface area contributed by atoms with Crippen LogP contribution in [0.4, 0.5) is 13.2 Å². The molecule has 3 N–H and O–H groups in total. The van der Waals surface area contributed by atoms with E-state index in [0.29, 0.717) is 22.8 Å². The van der Waals surface area contributed by atoms with Crippen molar-refractivity contribution in [2.24, 2.45) is 17.6 Å². The number of hydrogen-bond acceptors (Lipinski definition) is 3. The minimum absolute atomic E-state index is 0.0864. The lowest BCUT2D eigenvalue weighted by Gasteiger charge is -2.32. The summed E-state index contributed by atoms with van der Waals surface area (Å²) in [5.74, 6) is 1.09. The Kier molecular flexibility index (Phi) is 6.16. The highest BCUT2D eigenvalue weighted by Gasteiger charge is 2.38. The monoisotopic (exact) mass is 409 g/mol. The molecule has 160 valence electrons. The van der Waals surface area contributed by atoms with E-state index in [1.807, 2.05) is 0 Å². The van der Waals surface area contributed by atoms with Gasteiger partial charge in [0.2, 0.25) is 0 Å². The van der Waals surface area contributed by atoms with Crippen molar-refractivity contribution in [1.82, 2.24) is 0 Å². The van der Waals surface area contributed by atoms with Crippen LogP contribution in [0.3, 0.4) is 0 Å². The molecule has 0 saturated heterocycles. The maximum absolute atomic E-state index is 14.0. The molecular weight excluding hydrogens is 379 g/mol. The van der Waals surface area contributed by atoms with E-state index in [4.69, 9.17) is 10.5 Å². The molecule has 2 aromatic carbocycles. The van der Waals surface area contributed by atoms with Gasteiger partial charge in [-0.05, 0) is 72.9 Å². The molecule has 3 rings (SSSR count). The molecule has 0 unspecified atom stereocenters. The number of ether oxygens (including phenoxy) is 1. The molecule has 6 heteroatoms. The molecule has 0 aliphatic heterocycles. The molecule has 0 radical (unpaired) electrons. The molecule has 0 heterocycles. The first kappa shape index (κ1) is 21.9. The third kappa shape index (κ3) is 4.69. The molecule has 0 aromatic heterocycles. The van der Waals surface area contributed by atoms with E-state index in [-0.39, 0.29) is 23.8 Å². The van der Waals surface area contributed by atoms with Gasteiger partial charge in [0.15, 0.2) is 0 Å². The molecule has 2 aromatic rings. The summed E-state index contributed by atoms with van der Waals surface area (Å²) in [5, 5.41) is 9.97. The predicted molar refractivity (Wildman–Crippen MR) is 109 cm³/mol. The van der Waals surface area contributed by atoms with Gasteiger partial charge in [0, 0.05) is 0 Å². The molecule has 0 amide bonds. The van der Waals surface area contributed by atoms with Gasteiger partial charge in [0.25, 0.3) is 0 Å². The number of fused-ring (bicyclic) bond motifs is 1. The summed E-state index contributed by atoms with van der Waals surface area (Å²) in [6, 6.07) is 7.63. The van der Waals surface area contributed by atoms with Crippen LogP contribution < -0.4 is 10.5 Å². The van der Waals surface area contributed by atoms with Gasteiger partial charge in [-0.3, -0.25) is 0 Å². The van der Waals surface area contributed by atoms with Crippen LogP contribution >= 0.6 is 0 Å². The number of nitrogens with two attached hydrogens (primary N) is 1. The van der Waals surface area contributed by atoms with Gasteiger partial charge in [-0.2, -0.15) is 13.2 Å². The normalized spacial score (nSPS) is 22.7. The highest BCUT2D eigenvalue weighted by Crippen LogP contribution is 2.43. The van der Waals surface area contributed by atoms with E-state index in [0.717, 1.165) is 25.7 Å². The first-order valence-electron chi connectivity index (χ1n) is 10.2. The summed E-state index contributed by atoms with van der Waals surface area (Å²) in [6.07, 6.45) is -1.20. The summed E-state index contributed by atoms with van der Waals surface area (Å²) in [5.41, 5.74) is 4.87. The molecular formula is C23H30F3NO2. The lowest BCUT2D eigenvalue weighted by molar-refractivity contribution is -0.138. The van der Waals surface area contributed by atoms with E-state index in [1.54, 1.807) is 25.1 Å². The Hall–Kier alpha value is -1.79. The maximum atomic E-state index is 14.0. The van der Waals surface area contributed by atoms with Crippen molar-refractivity contribution >= 4 is 10.8 Å². The fourth-order valence-electron chi connectivity index (χ4n) is 4.20. The largest absolute Gasteiger partial charge is 0.490 e. The number of hydrogen-bond donors (Lipinski definition) is 2. The first-order chi connectivity index (χ1) is 13.5. The first-order valence-corrected chi connectivity index (χ1v) is 10.2. The van der Waals surface area contributed by atoms with Crippen LogP contribution in [0.5, 0.6) is 5.75 Å². The fourth-order valence-corrected chi connectivity index (χ4v) is 4.20. The Morgan fingerprint density at radius 1 is 1.10 bits per heavy atom. The quantitative estimate of drug-likeness (QED) is 0.674. The van der Waals surface area contributed by atoms with Crippen LogP contribution in [-0.4, -0.2) is 17.8 Å². The zero-order chi connectivity index (χ0) is 21.4. The lowest BCUT2D eigenvalue weighted by atomic mass is 9.80. The highest BCUT2D eigenvalue weighted by atomic mass is 19.4. The molecule has 1 atom stereocenters. The van der Waals surface area contributed by atoms with Crippen molar-refractivity contribution in [2.45, 2.75) is 64.3 Å². The van der Waals surface area contributed by atoms with Gasteiger partial charge in [-0.25, -0.2) is 0 Å². The third-order valence-corrected chi connectivity index (χ3v) is 6.21. The van der Waals surface area contributed by atoms with E-state index >= 15 is 0 Å². The second-order valence-corrected chi connectivity index (χ2v) is 8.85. The van der Waals surface area contributed by atoms with Gasteiger partial charge in [0.1, 0.15) is 11.3 Å². The minimum atomic E-state index is -4.53. The molecule has 0 bridgehead atoms. The zero-order valence-electron chi connectivity index (χ0n) is 17.2. The predicted octanol–water partition coefficient (Wildman–Crippen LogP) is 5.62. The molecule has 1 fully saturated rings. The van der Waals surface area contributed by atoms with Gasteiger partial charge in [-0.1, -0.05) is 32.0 Å². The van der Waals surface area contributed by atoms with Crippen molar-refractivity contribution < 1.29 is 23.0 Å². The summed E-state index contributed by atoms with van der Waals surface area (Å²) in [6.45, 7) is 5.72. The maximum Gasteiger partial charge on any atom is 0.420 e. The minimum Gasteiger partial charge on any atom is -0.490 e. The topological polar surface area (TPSA) is 55.5 Å². The number of halogens is 3. The van der Waals surface area contributed by atoms with Crippen LogP contribution in [0.25, 0.3) is 10.8 Å². The number of alkyl halides is 3. The second-order valence-electron chi connectivity index (χ2n) is 8.85.